The zero-order valence-corrected chi connectivity index (χ0v) is 14.0. The van der Waals surface area contributed by atoms with E-state index < -0.39 is 0 Å². The number of methoxy groups -OCH3 is 1. The van der Waals surface area contributed by atoms with Crippen molar-refractivity contribution in [2.24, 2.45) is 0 Å². The highest BCUT2D eigenvalue weighted by molar-refractivity contribution is 5.89. The fraction of sp³-hybridized carbons (Fsp3) is 0.278. The lowest BCUT2D eigenvalue weighted by Gasteiger charge is -2.18. The van der Waals surface area contributed by atoms with Crippen molar-refractivity contribution < 1.29 is 19.1 Å². The number of anilines is 1. The summed E-state index contributed by atoms with van der Waals surface area (Å²) in [6, 6.07) is 10.7. The zero-order chi connectivity index (χ0) is 17.5. The van der Waals surface area contributed by atoms with Gasteiger partial charge in [0.1, 0.15) is 5.82 Å². The number of hydrogen-bond acceptors (Lipinski definition) is 6. The zero-order valence-electron chi connectivity index (χ0n) is 14.0. The molecule has 1 aromatic heterocycles. The summed E-state index contributed by atoms with van der Waals surface area (Å²) in [6.45, 7) is 2.72. The van der Waals surface area contributed by atoms with Gasteiger partial charge in [-0.2, -0.15) is 0 Å². The second kappa shape index (κ2) is 8.10. The van der Waals surface area contributed by atoms with E-state index in [4.69, 9.17) is 4.74 Å². The summed E-state index contributed by atoms with van der Waals surface area (Å²) in [6.07, 6.45) is 1.50. The minimum absolute atomic E-state index is 0.335. The summed E-state index contributed by atoms with van der Waals surface area (Å²) in [5.74, 6) is 0.00354. The molecule has 0 aliphatic rings. The van der Waals surface area contributed by atoms with Crippen LogP contribution in [0.3, 0.4) is 0 Å². The lowest BCUT2D eigenvalue weighted by Crippen LogP contribution is -2.18. The van der Waals surface area contributed by atoms with E-state index in [0.717, 1.165) is 11.4 Å². The van der Waals surface area contributed by atoms with Crippen LogP contribution in [0.2, 0.25) is 0 Å². The third-order valence-corrected chi connectivity index (χ3v) is 3.44. The van der Waals surface area contributed by atoms with E-state index in [1.807, 2.05) is 24.1 Å². The van der Waals surface area contributed by atoms with Gasteiger partial charge in [-0.1, -0.05) is 12.1 Å². The number of aromatic nitrogens is 1. The third kappa shape index (κ3) is 4.32. The van der Waals surface area contributed by atoms with Gasteiger partial charge in [-0.25, -0.2) is 14.6 Å². The van der Waals surface area contributed by atoms with Crippen LogP contribution in [-0.2, 0) is 16.0 Å². The van der Waals surface area contributed by atoms with E-state index in [1.165, 1.54) is 13.3 Å². The SMILES string of the molecule is CCOC(=O)c1ccc(N(C)Cc2ccc(C(=O)OC)cc2)nc1. The first kappa shape index (κ1) is 17.5. The molecule has 0 saturated carbocycles. The molecule has 2 aromatic rings. The van der Waals surface area contributed by atoms with Crippen LogP contribution in [0.5, 0.6) is 0 Å². The van der Waals surface area contributed by atoms with E-state index >= 15 is 0 Å². The molecule has 0 spiro atoms. The molecule has 0 radical (unpaired) electrons. The molecule has 0 unspecified atom stereocenters. The number of benzene rings is 1. The standard InChI is InChI=1S/C18H20N2O4/c1-4-24-18(22)15-9-10-16(19-11-15)20(2)12-13-5-7-14(8-6-13)17(21)23-3/h5-11H,4,12H2,1-3H3. The molecule has 0 N–H and O–H groups in total. The maximum absolute atomic E-state index is 11.6. The molecule has 1 aromatic carbocycles. The molecule has 1 heterocycles. The highest BCUT2D eigenvalue weighted by Crippen LogP contribution is 2.14. The molecule has 24 heavy (non-hydrogen) atoms. The first-order valence-electron chi connectivity index (χ1n) is 7.56. The predicted octanol–water partition coefficient (Wildman–Crippen LogP) is 2.68. The Morgan fingerprint density at radius 2 is 1.71 bits per heavy atom. The number of esters is 2. The molecule has 0 aliphatic carbocycles. The van der Waals surface area contributed by atoms with Gasteiger partial charge in [-0.15, -0.1) is 0 Å². The molecule has 126 valence electrons. The van der Waals surface area contributed by atoms with Crippen molar-refractivity contribution in [2.75, 3.05) is 25.7 Å². The fourth-order valence-corrected chi connectivity index (χ4v) is 2.17. The monoisotopic (exact) mass is 328 g/mol. The Morgan fingerprint density at radius 1 is 1.04 bits per heavy atom. The Balaban J connectivity index is 2.02. The summed E-state index contributed by atoms with van der Waals surface area (Å²) in [5, 5.41) is 0. The quantitative estimate of drug-likeness (QED) is 0.760. The molecule has 0 atom stereocenters. The summed E-state index contributed by atoms with van der Waals surface area (Å²) in [4.78, 5) is 29.3. The normalized spacial score (nSPS) is 10.1. The van der Waals surface area contributed by atoms with E-state index in [-0.39, 0.29) is 11.9 Å². The fourth-order valence-electron chi connectivity index (χ4n) is 2.17. The molecular weight excluding hydrogens is 308 g/mol. The Bertz CT molecular complexity index is 696. The number of hydrogen-bond donors (Lipinski definition) is 0. The third-order valence-electron chi connectivity index (χ3n) is 3.44. The minimum Gasteiger partial charge on any atom is -0.465 e. The van der Waals surface area contributed by atoms with Gasteiger partial charge in [0.25, 0.3) is 0 Å². The minimum atomic E-state index is -0.377. The largest absolute Gasteiger partial charge is 0.465 e. The van der Waals surface area contributed by atoms with Crippen LogP contribution in [0.4, 0.5) is 5.82 Å². The van der Waals surface area contributed by atoms with Crippen LogP contribution in [0.25, 0.3) is 0 Å². The maximum Gasteiger partial charge on any atom is 0.339 e. The average Bonchev–Trinajstić information content (AvgIpc) is 2.62. The Kier molecular flexibility index (Phi) is 5.89. The van der Waals surface area contributed by atoms with E-state index in [1.54, 1.807) is 31.2 Å². The number of nitrogens with zero attached hydrogens (tertiary/aromatic N) is 2. The van der Waals surface area contributed by atoms with Crippen LogP contribution >= 0.6 is 0 Å². The lowest BCUT2D eigenvalue weighted by molar-refractivity contribution is 0.0525. The lowest BCUT2D eigenvalue weighted by atomic mass is 10.1. The topological polar surface area (TPSA) is 68.7 Å². The van der Waals surface area contributed by atoms with Gasteiger partial charge in [-0.05, 0) is 36.8 Å². The van der Waals surface area contributed by atoms with Gasteiger partial charge in [0.2, 0.25) is 0 Å². The van der Waals surface area contributed by atoms with E-state index in [9.17, 15) is 9.59 Å². The summed E-state index contributed by atoms with van der Waals surface area (Å²) in [5.41, 5.74) is 1.97. The molecule has 2 rings (SSSR count). The second-order valence-corrected chi connectivity index (χ2v) is 5.17. The summed E-state index contributed by atoms with van der Waals surface area (Å²) < 4.78 is 9.61. The molecular formula is C18H20N2O4. The summed E-state index contributed by atoms with van der Waals surface area (Å²) >= 11 is 0. The smallest absolute Gasteiger partial charge is 0.339 e. The van der Waals surface area contributed by atoms with E-state index in [2.05, 4.69) is 9.72 Å². The van der Waals surface area contributed by atoms with Gasteiger partial charge in [-0.3, -0.25) is 0 Å². The van der Waals surface area contributed by atoms with Crippen molar-refractivity contribution in [3.63, 3.8) is 0 Å². The van der Waals surface area contributed by atoms with Crippen molar-refractivity contribution >= 4 is 17.8 Å². The molecule has 6 nitrogen and oxygen atoms in total. The maximum atomic E-state index is 11.6. The highest BCUT2D eigenvalue weighted by Gasteiger charge is 2.10. The van der Waals surface area contributed by atoms with Gasteiger partial charge in [0.15, 0.2) is 0 Å². The summed E-state index contributed by atoms with van der Waals surface area (Å²) in [7, 11) is 3.26. The van der Waals surface area contributed by atoms with E-state index in [0.29, 0.717) is 24.3 Å². The number of ether oxygens (including phenoxy) is 2. The van der Waals surface area contributed by atoms with Gasteiger partial charge >= 0.3 is 11.9 Å². The second-order valence-electron chi connectivity index (χ2n) is 5.17. The van der Waals surface area contributed by atoms with Crippen LogP contribution in [-0.4, -0.2) is 37.7 Å². The highest BCUT2D eigenvalue weighted by atomic mass is 16.5. The molecule has 0 saturated heterocycles. The van der Waals surface area contributed by atoms with Crippen molar-refractivity contribution in [1.29, 1.82) is 0 Å². The number of carbonyl (C=O) groups excluding carboxylic acids is 2. The van der Waals surface area contributed by atoms with Crippen molar-refractivity contribution in [3.8, 4) is 0 Å². The molecule has 0 amide bonds. The Morgan fingerprint density at radius 3 is 2.25 bits per heavy atom. The molecule has 0 bridgehead atoms. The van der Waals surface area contributed by atoms with Gasteiger partial charge < -0.3 is 14.4 Å². The van der Waals surface area contributed by atoms with Crippen molar-refractivity contribution in [2.45, 2.75) is 13.5 Å². The first-order chi connectivity index (χ1) is 11.5. The molecule has 0 fully saturated rings. The van der Waals surface area contributed by atoms with Crippen molar-refractivity contribution in [1.82, 2.24) is 4.98 Å². The number of carbonyl (C=O) groups is 2. The van der Waals surface area contributed by atoms with Crippen LogP contribution in [0.15, 0.2) is 42.6 Å². The van der Waals surface area contributed by atoms with Crippen LogP contribution in [0.1, 0.15) is 33.2 Å². The number of rotatable bonds is 6. The van der Waals surface area contributed by atoms with Crippen molar-refractivity contribution in [3.05, 3.63) is 59.3 Å². The number of pyridine rings is 1. The first-order valence-corrected chi connectivity index (χ1v) is 7.56. The molecule has 0 aliphatic heterocycles. The Labute approximate surface area is 141 Å². The van der Waals surface area contributed by atoms with Gasteiger partial charge in [0, 0.05) is 19.8 Å². The van der Waals surface area contributed by atoms with Gasteiger partial charge in [0.05, 0.1) is 24.8 Å². The van der Waals surface area contributed by atoms with Crippen LogP contribution in [0, 0.1) is 0 Å². The van der Waals surface area contributed by atoms with Crippen LogP contribution < -0.4 is 4.90 Å². The molecule has 6 heteroatoms. The Hall–Kier alpha value is -2.89. The predicted molar refractivity (Wildman–Crippen MR) is 90.1 cm³/mol. The average molecular weight is 328 g/mol.